The average molecular weight is 396 g/mol. The lowest BCUT2D eigenvalue weighted by Crippen LogP contribution is -2.45. The fourth-order valence-electron chi connectivity index (χ4n) is 3.08. The summed E-state index contributed by atoms with van der Waals surface area (Å²) in [6.07, 6.45) is 3.16. The Balaban J connectivity index is 0.00000264. The Morgan fingerprint density at radius 2 is 2.21 bits per heavy atom. The molecule has 0 radical (unpaired) electrons. The van der Waals surface area contributed by atoms with Gasteiger partial charge in [-0.25, -0.2) is 0 Å². The molecular formula is C17H31Cl2N3OS. The van der Waals surface area contributed by atoms with Gasteiger partial charge in [0.2, 0.25) is 5.91 Å². The molecule has 3 N–H and O–H groups in total. The molecule has 4 nitrogen and oxygen atoms in total. The van der Waals surface area contributed by atoms with E-state index in [4.69, 9.17) is 5.73 Å². The van der Waals surface area contributed by atoms with E-state index in [0.29, 0.717) is 11.8 Å². The monoisotopic (exact) mass is 395 g/mol. The normalized spacial score (nSPS) is 19.2. The van der Waals surface area contributed by atoms with Crippen LogP contribution in [0.25, 0.3) is 0 Å². The minimum Gasteiger partial charge on any atom is -0.354 e. The van der Waals surface area contributed by atoms with Crippen molar-refractivity contribution in [2.24, 2.45) is 17.6 Å². The van der Waals surface area contributed by atoms with Crippen LogP contribution in [-0.2, 0) is 11.3 Å². The van der Waals surface area contributed by atoms with Gasteiger partial charge in [-0.3, -0.25) is 9.69 Å². The molecule has 0 aliphatic carbocycles. The van der Waals surface area contributed by atoms with Crippen molar-refractivity contribution in [3.05, 3.63) is 22.4 Å². The number of nitrogens with one attached hydrogen (secondary N) is 1. The zero-order chi connectivity index (χ0) is 15.9. The zero-order valence-electron chi connectivity index (χ0n) is 14.6. The maximum absolute atomic E-state index is 12.0. The topological polar surface area (TPSA) is 58.4 Å². The summed E-state index contributed by atoms with van der Waals surface area (Å²) in [7, 11) is 0. The van der Waals surface area contributed by atoms with Crippen LogP contribution in [0, 0.1) is 11.8 Å². The number of halogens is 2. The first-order valence-corrected chi connectivity index (χ1v) is 9.20. The first-order valence-electron chi connectivity index (χ1n) is 8.32. The number of likely N-dealkylation sites (tertiary alicyclic amines) is 1. The predicted octanol–water partition coefficient (Wildman–Crippen LogP) is 3.29. The number of carbonyl (C=O) groups is 1. The van der Waals surface area contributed by atoms with E-state index in [1.54, 1.807) is 0 Å². The third-order valence-corrected chi connectivity index (χ3v) is 5.05. The van der Waals surface area contributed by atoms with E-state index in [9.17, 15) is 4.79 Å². The fraction of sp³-hybridized carbons (Fsp3) is 0.706. The summed E-state index contributed by atoms with van der Waals surface area (Å²) in [4.78, 5) is 15.9. The van der Waals surface area contributed by atoms with Gasteiger partial charge in [0.1, 0.15) is 0 Å². The summed E-state index contributed by atoms with van der Waals surface area (Å²) in [5.41, 5.74) is 5.93. The van der Waals surface area contributed by atoms with Gasteiger partial charge >= 0.3 is 0 Å². The van der Waals surface area contributed by atoms with Crippen molar-refractivity contribution in [3.8, 4) is 0 Å². The highest BCUT2D eigenvalue weighted by Gasteiger charge is 2.22. The molecule has 1 aromatic heterocycles. The second-order valence-electron chi connectivity index (χ2n) is 6.80. The van der Waals surface area contributed by atoms with Crippen LogP contribution in [0.15, 0.2) is 17.5 Å². The van der Waals surface area contributed by atoms with Crippen molar-refractivity contribution in [1.29, 1.82) is 0 Å². The van der Waals surface area contributed by atoms with Crippen LogP contribution in [0.1, 0.15) is 38.0 Å². The minimum absolute atomic E-state index is 0. The largest absolute Gasteiger partial charge is 0.354 e. The van der Waals surface area contributed by atoms with Crippen LogP contribution in [0.2, 0.25) is 0 Å². The number of nitrogens with two attached hydrogens (primary N) is 1. The van der Waals surface area contributed by atoms with Crippen LogP contribution in [-0.4, -0.2) is 36.5 Å². The smallest absolute Gasteiger partial charge is 0.236 e. The number of hydrogen-bond acceptors (Lipinski definition) is 4. The highest BCUT2D eigenvalue weighted by molar-refractivity contribution is 7.09. The van der Waals surface area contributed by atoms with Crippen molar-refractivity contribution in [1.82, 2.24) is 10.2 Å². The molecule has 1 unspecified atom stereocenters. The molecule has 0 spiro atoms. The Morgan fingerprint density at radius 1 is 1.46 bits per heavy atom. The van der Waals surface area contributed by atoms with E-state index in [0.717, 1.165) is 32.6 Å². The zero-order valence-corrected chi connectivity index (χ0v) is 17.0. The first-order chi connectivity index (χ1) is 10.5. The molecule has 1 aliphatic rings. The Hall–Kier alpha value is -0.330. The maximum atomic E-state index is 12.0. The standard InChI is InChI=1S/C17H29N3OS.2ClH/c1-13(2)9-16(18)17(21)19-10-14-5-3-7-20(11-14)12-15-6-4-8-22-15;;/h4,6,8,13-14,16H,3,5,7,9-12,18H2,1-2H3,(H,19,21);2*1H/t14?,16-;;/m0../s1. The molecule has 2 heterocycles. The van der Waals surface area contributed by atoms with Crippen molar-refractivity contribution < 1.29 is 4.79 Å². The number of amides is 1. The molecule has 1 aliphatic heterocycles. The second kappa shape index (κ2) is 12.1. The summed E-state index contributed by atoms with van der Waals surface area (Å²) in [5, 5.41) is 5.18. The number of hydrogen-bond donors (Lipinski definition) is 2. The van der Waals surface area contributed by atoms with Gasteiger partial charge in [-0.2, -0.15) is 0 Å². The number of thiophene rings is 1. The Morgan fingerprint density at radius 3 is 2.83 bits per heavy atom. The number of carbonyl (C=O) groups excluding carboxylic acids is 1. The van der Waals surface area contributed by atoms with E-state index in [2.05, 4.69) is 41.6 Å². The molecule has 0 saturated carbocycles. The van der Waals surface area contributed by atoms with Gasteiger partial charge in [0, 0.05) is 24.5 Å². The molecule has 7 heteroatoms. The second-order valence-corrected chi connectivity index (χ2v) is 7.84. The van der Waals surface area contributed by atoms with Gasteiger partial charge in [-0.1, -0.05) is 19.9 Å². The van der Waals surface area contributed by atoms with Crippen molar-refractivity contribution >= 4 is 42.1 Å². The van der Waals surface area contributed by atoms with Gasteiger partial charge in [0.05, 0.1) is 6.04 Å². The molecule has 1 saturated heterocycles. The third-order valence-electron chi connectivity index (χ3n) is 4.19. The molecule has 1 aromatic rings. The van der Waals surface area contributed by atoms with Crippen LogP contribution in [0.4, 0.5) is 0 Å². The lowest BCUT2D eigenvalue weighted by molar-refractivity contribution is -0.123. The fourth-order valence-corrected chi connectivity index (χ4v) is 3.82. The summed E-state index contributed by atoms with van der Waals surface area (Å²) in [5.74, 6) is 1.00. The summed E-state index contributed by atoms with van der Waals surface area (Å²) in [6.45, 7) is 8.21. The van der Waals surface area contributed by atoms with E-state index in [1.165, 1.54) is 17.7 Å². The third kappa shape index (κ3) is 8.17. The Labute approximate surface area is 162 Å². The van der Waals surface area contributed by atoms with E-state index in [1.807, 2.05) is 11.3 Å². The quantitative estimate of drug-likeness (QED) is 0.744. The van der Waals surface area contributed by atoms with Crippen molar-refractivity contribution in [2.75, 3.05) is 19.6 Å². The number of rotatable bonds is 7. The summed E-state index contributed by atoms with van der Waals surface area (Å²) < 4.78 is 0. The van der Waals surface area contributed by atoms with Crippen LogP contribution >= 0.6 is 36.2 Å². The summed E-state index contributed by atoms with van der Waals surface area (Å²) in [6, 6.07) is 3.93. The minimum atomic E-state index is -0.370. The lowest BCUT2D eigenvalue weighted by atomic mass is 9.97. The molecule has 0 aromatic carbocycles. The molecule has 24 heavy (non-hydrogen) atoms. The van der Waals surface area contributed by atoms with Gasteiger partial charge in [0.15, 0.2) is 0 Å². The molecular weight excluding hydrogens is 365 g/mol. The van der Waals surface area contributed by atoms with E-state index >= 15 is 0 Å². The molecule has 2 atom stereocenters. The Bertz CT molecular complexity index is 457. The molecule has 2 rings (SSSR count). The lowest BCUT2D eigenvalue weighted by Gasteiger charge is -2.32. The molecule has 140 valence electrons. The summed E-state index contributed by atoms with van der Waals surface area (Å²) >= 11 is 1.82. The predicted molar refractivity (Wildman–Crippen MR) is 107 cm³/mol. The maximum Gasteiger partial charge on any atom is 0.236 e. The van der Waals surface area contributed by atoms with Crippen molar-refractivity contribution in [2.45, 2.75) is 45.7 Å². The Kier molecular flexibility index (Phi) is 11.9. The van der Waals surface area contributed by atoms with Gasteiger partial charge in [-0.15, -0.1) is 36.2 Å². The van der Waals surface area contributed by atoms with E-state index < -0.39 is 0 Å². The van der Waals surface area contributed by atoms with Crippen LogP contribution < -0.4 is 11.1 Å². The van der Waals surface area contributed by atoms with Crippen molar-refractivity contribution in [3.63, 3.8) is 0 Å². The van der Waals surface area contributed by atoms with Gasteiger partial charge in [-0.05, 0) is 49.1 Å². The average Bonchev–Trinajstić information content (AvgIpc) is 2.97. The number of piperidine rings is 1. The first kappa shape index (κ1) is 23.7. The van der Waals surface area contributed by atoms with E-state index in [-0.39, 0.29) is 36.8 Å². The van der Waals surface area contributed by atoms with Gasteiger partial charge < -0.3 is 11.1 Å². The molecule has 0 bridgehead atoms. The van der Waals surface area contributed by atoms with Crippen LogP contribution in [0.3, 0.4) is 0 Å². The SMILES string of the molecule is CC(C)C[C@H](N)C(=O)NCC1CCCN(Cc2cccs2)C1.Cl.Cl. The van der Waals surface area contributed by atoms with Crippen LogP contribution in [0.5, 0.6) is 0 Å². The molecule has 1 amide bonds. The highest BCUT2D eigenvalue weighted by atomic mass is 35.5. The highest BCUT2D eigenvalue weighted by Crippen LogP contribution is 2.20. The number of nitrogens with zero attached hydrogens (tertiary/aromatic N) is 1. The molecule has 1 fully saturated rings. The van der Waals surface area contributed by atoms with Gasteiger partial charge in [0.25, 0.3) is 0 Å².